The van der Waals surface area contributed by atoms with Crippen LogP contribution in [-0.2, 0) is 52.8 Å². The van der Waals surface area contributed by atoms with Gasteiger partial charge in [0.15, 0.2) is 0 Å². The van der Waals surface area contributed by atoms with Crippen molar-refractivity contribution in [2.75, 3.05) is 9.80 Å². The smallest absolute Gasteiger partial charge is 0.0465 e. The second-order valence-corrected chi connectivity index (χ2v) is 35.3. The molecule has 0 aliphatic heterocycles. The second-order valence-electron chi connectivity index (χ2n) is 35.3. The number of benzene rings is 12. The molecule has 0 N–H and O–H groups in total. The highest BCUT2D eigenvalue weighted by atomic mass is 15.1. The Kier molecular flexibility index (Phi) is 17.7. The molecule has 0 unspecified atom stereocenters. The molecule has 12 aromatic carbocycles. The summed E-state index contributed by atoms with van der Waals surface area (Å²) in [4.78, 5) is 5.23. The van der Waals surface area contributed by atoms with Crippen molar-refractivity contribution in [2.45, 2.75) is 236 Å². The van der Waals surface area contributed by atoms with Crippen LogP contribution in [0.2, 0.25) is 0 Å². The van der Waals surface area contributed by atoms with Crippen molar-refractivity contribution in [3.63, 3.8) is 0 Å². The van der Waals surface area contributed by atoms with Gasteiger partial charge in [0.25, 0.3) is 0 Å². The molecular formula is C109H110N2. The Labute approximate surface area is 662 Å². The number of fused-ring (bicyclic) bond motifs is 20. The van der Waals surface area contributed by atoms with Gasteiger partial charge in [0.05, 0.1) is 0 Å². The fourth-order valence-corrected chi connectivity index (χ4v) is 24.2. The Hall–Kier alpha value is -9.76. The quantitative estimate of drug-likeness (QED) is 0.0750. The lowest BCUT2D eigenvalue weighted by Gasteiger charge is -2.33. The molecule has 8 aliphatic rings. The van der Waals surface area contributed by atoms with E-state index in [0.717, 1.165) is 38.5 Å². The van der Waals surface area contributed by atoms with Crippen LogP contribution in [0.3, 0.4) is 0 Å². The first-order valence-electron chi connectivity index (χ1n) is 43.7. The van der Waals surface area contributed by atoms with E-state index in [4.69, 9.17) is 0 Å². The van der Waals surface area contributed by atoms with Crippen LogP contribution in [0.1, 0.15) is 261 Å². The molecule has 556 valence electrons. The van der Waals surface area contributed by atoms with E-state index in [9.17, 15) is 0 Å². The van der Waals surface area contributed by atoms with Gasteiger partial charge in [-0.15, -0.1) is 0 Å². The van der Waals surface area contributed by atoms with Crippen LogP contribution in [0.5, 0.6) is 0 Å². The average Bonchev–Trinajstić information content (AvgIpc) is 1.53. The molecule has 0 saturated heterocycles. The number of rotatable bonds is 20. The monoisotopic (exact) mass is 1450 g/mol. The highest BCUT2D eigenvalue weighted by Gasteiger charge is 2.50. The fraction of sp³-hybridized carbons (Fsp3) is 0.339. The minimum atomic E-state index is -0.137. The lowest BCUT2D eigenvalue weighted by atomic mass is 9.70. The summed E-state index contributed by atoms with van der Waals surface area (Å²) in [6.45, 7) is 14.1. The van der Waals surface area contributed by atoms with Gasteiger partial charge in [-0.2, -0.15) is 0 Å². The van der Waals surface area contributed by atoms with Crippen LogP contribution < -0.4 is 9.80 Å². The molecular weight excluding hydrogens is 1340 g/mol. The van der Waals surface area contributed by atoms with Crippen LogP contribution in [0.25, 0.3) is 66.8 Å². The number of nitrogens with zero attached hydrogens (tertiary/aromatic N) is 2. The molecule has 4 saturated carbocycles. The first kappa shape index (κ1) is 70.4. The third kappa shape index (κ3) is 11.0. The summed E-state index contributed by atoms with van der Waals surface area (Å²) in [5.74, 6) is 0. The van der Waals surface area contributed by atoms with E-state index < -0.39 is 0 Å². The topological polar surface area (TPSA) is 6.48 Å². The lowest BCUT2D eigenvalue weighted by molar-refractivity contribution is 0.478. The Morgan fingerprint density at radius 1 is 0.225 bits per heavy atom. The third-order valence-corrected chi connectivity index (χ3v) is 29.6. The van der Waals surface area contributed by atoms with Crippen molar-refractivity contribution in [2.24, 2.45) is 0 Å². The van der Waals surface area contributed by atoms with Crippen LogP contribution >= 0.6 is 0 Å². The molecule has 0 radical (unpaired) electrons. The third-order valence-electron chi connectivity index (χ3n) is 29.6. The molecule has 20 rings (SSSR count). The Morgan fingerprint density at radius 3 is 0.640 bits per heavy atom. The van der Waals surface area contributed by atoms with E-state index in [-0.39, 0.29) is 27.1 Å². The summed E-state index contributed by atoms with van der Waals surface area (Å²) < 4.78 is 0. The maximum atomic E-state index is 2.63. The maximum Gasteiger partial charge on any atom is 0.0465 e. The predicted octanol–water partition coefficient (Wildman–Crippen LogP) is 30.2. The van der Waals surface area contributed by atoms with E-state index in [2.05, 4.69) is 294 Å². The standard InChI is InChI=1S/C109H110N2/c1-7-21-73-25-49-89-93-53-45-85(69-101(93)106(97(89)65-73)57-13-14-58-106)110(86-46-54-94-90-50-26-74(22-8-2)66-98(90)107(102(94)70-86)59-15-16-60-107)83-41-33-79(34-42-83)77-29-37-81(38-30-77)105(11-5,12-6)82-39-31-78(32-40-82)80-35-43-84(44-36-80)111(87-47-55-95-91-51-27-75(23-9-3)67-99(91)108(103(95)71-87)61-17-18-62-108)88-48-56-96-92-52-28-76(24-10-4)68-100(92)109(104(96)72-88)63-19-20-64-109/h25-56,65-72H,7-24,57-64H2,1-6H3. The molecule has 4 fully saturated rings. The highest BCUT2D eigenvalue weighted by molar-refractivity contribution is 5.92. The van der Waals surface area contributed by atoms with Gasteiger partial charge in [0.2, 0.25) is 0 Å². The van der Waals surface area contributed by atoms with Gasteiger partial charge < -0.3 is 9.80 Å². The number of hydrogen-bond donors (Lipinski definition) is 0. The summed E-state index contributed by atoms with van der Waals surface area (Å²) in [7, 11) is 0. The van der Waals surface area contributed by atoms with Crippen LogP contribution in [0, 0.1) is 0 Å². The molecule has 0 heterocycles. The van der Waals surface area contributed by atoms with Gasteiger partial charge in [-0.3, -0.25) is 0 Å². The van der Waals surface area contributed by atoms with Gasteiger partial charge in [-0.25, -0.2) is 0 Å². The summed E-state index contributed by atoms with van der Waals surface area (Å²) in [6.07, 6.45) is 31.3. The highest BCUT2D eigenvalue weighted by Crippen LogP contribution is 2.64. The molecule has 8 aliphatic carbocycles. The van der Waals surface area contributed by atoms with Gasteiger partial charge in [-0.1, -0.05) is 288 Å². The van der Waals surface area contributed by atoms with Crippen molar-refractivity contribution >= 4 is 34.1 Å². The molecule has 0 atom stereocenters. The SMILES string of the molecule is CCCc1ccc2c(c1)C1(CCCC1)c1cc(N(c3ccc(-c4ccc(C(CC)(CC)c5ccc(-c6ccc(N(c7ccc8c(c7)C7(CCCC7)c7cc(CCC)ccc7-8)c7ccc8c(c7)C7(CCCC7)c7cc(CCC)ccc7-8)cc6)cc5)cc4)cc3)c3ccc4c(c3)C3(CCCC3)c3cc(CCC)ccc3-4)ccc1-2. The molecule has 0 aromatic heterocycles. The van der Waals surface area contributed by atoms with Gasteiger partial charge in [0.1, 0.15) is 0 Å². The first-order valence-corrected chi connectivity index (χ1v) is 43.7. The minimum absolute atomic E-state index is 0.0671. The normalized spacial score (nSPS) is 17.0. The second kappa shape index (κ2) is 27.9. The molecule has 4 spiro atoms. The summed E-state index contributed by atoms with van der Waals surface area (Å²) in [6, 6.07) is 98.7. The maximum absolute atomic E-state index is 2.63. The summed E-state index contributed by atoms with van der Waals surface area (Å²) in [5, 5.41) is 0. The predicted molar refractivity (Wildman–Crippen MR) is 469 cm³/mol. The van der Waals surface area contributed by atoms with Gasteiger partial charge in [-0.05, 0) is 307 Å². The number of hydrogen-bond acceptors (Lipinski definition) is 2. The number of aryl methyl sites for hydroxylation is 4. The van der Waals surface area contributed by atoms with Crippen molar-refractivity contribution in [1.82, 2.24) is 0 Å². The van der Waals surface area contributed by atoms with E-state index >= 15 is 0 Å². The van der Waals surface area contributed by atoms with E-state index in [0.29, 0.717) is 0 Å². The average molecular weight is 1450 g/mol. The Morgan fingerprint density at radius 2 is 0.423 bits per heavy atom. The van der Waals surface area contributed by atoms with E-state index in [1.54, 1.807) is 22.3 Å². The van der Waals surface area contributed by atoms with Crippen LogP contribution in [0.15, 0.2) is 243 Å². The fourth-order valence-electron chi connectivity index (χ4n) is 24.2. The van der Waals surface area contributed by atoms with E-state index in [1.165, 1.54) is 285 Å². The molecule has 2 nitrogen and oxygen atoms in total. The summed E-state index contributed by atoms with van der Waals surface area (Å²) in [5.41, 5.74) is 45.3. The zero-order chi connectivity index (χ0) is 74.8. The summed E-state index contributed by atoms with van der Waals surface area (Å²) >= 11 is 0. The Balaban J connectivity index is 0.610. The van der Waals surface area contributed by atoms with Crippen LogP contribution in [-0.4, -0.2) is 0 Å². The minimum Gasteiger partial charge on any atom is -0.310 e. The largest absolute Gasteiger partial charge is 0.310 e. The van der Waals surface area contributed by atoms with Crippen LogP contribution in [0.4, 0.5) is 34.1 Å². The molecule has 0 bridgehead atoms. The number of anilines is 6. The van der Waals surface area contributed by atoms with Crippen molar-refractivity contribution in [3.8, 4) is 66.8 Å². The molecule has 2 heteroatoms. The lowest BCUT2D eigenvalue weighted by Crippen LogP contribution is -2.26. The van der Waals surface area contributed by atoms with E-state index in [1.807, 2.05) is 0 Å². The zero-order valence-corrected chi connectivity index (χ0v) is 66.9. The first-order chi connectivity index (χ1) is 54.6. The van der Waals surface area contributed by atoms with Crippen molar-refractivity contribution < 1.29 is 0 Å². The Bertz CT molecular complexity index is 4960. The van der Waals surface area contributed by atoms with Gasteiger partial charge in [0, 0.05) is 61.2 Å². The van der Waals surface area contributed by atoms with Crippen molar-refractivity contribution in [1.29, 1.82) is 0 Å². The van der Waals surface area contributed by atoms with Crippen molar-refractivity contribution in [3.05, 3.63) is 321 Å². The molecule has 0 amide bonds. The zero-order valence-electron chi connectivity index (χ0n) is 66.9. The van der Waals surface area contributed by atoms with Gasteiger partial charge >= 0.3 is 0 Å². The molecule has 111 heavy (non-hydrogen) atoms. The molecule has 12 aromatic rings.